The maximum absolute atomic E-state index is 8.17. The molecule has 1 heterocycles. The van der Waals surface area contributed by atoms with Crippen molar-refractivity contribution >= 4 is 11.8 Å². The zero-order valence-corrected chi connectivity index (χ0v) is 13.5. The van der Waals surface area contributed by atoms with E-state index in [2.05, 4.69) is 36.2 Å². The number of hydrogen-bond donors (Lipinski definition) is 2. The van der Waals surface area contributed by atoms with E-state index in [0.717, 1.165) is 24.6 Å². The molecule has 1 aliphatic carbocycles. The highest BCUT2D eigenvalue weighted by atomic mass is 16.5. The summed E-state index contributed by atoms with van der Waals surface area (Å²) in [5, 5.41) is 11.6. The lowest BCUT2D eigenvalue weighted by atomic mass is 9.93. The van der Waals surface area contributed by atoms with Crippen molar-refractivity contribution in [3.63, 3.8) is 0 Å². The Hall–Kier alpha value is -1.90. The Morgan fingerprint density at radius 3 is 2.73 bits per heavy atom. The van der Waals surface area contributed by atoms with Gasteiger partial charge in [-0.25, -0.2) is 0 Å². The molecular formula is C19H27NO2. The number of fused-ring (bicyclic) bond motifs is 1. The predicted molar refractivity (Wildman–Crippen MR) is 93.5 cm³/mol. The first-order valence-corrected chi connectivity index (χ1v) is 8.26. The molecular weight excluding hydrogens is 274 g/mol. The molecule has 2 aliphatic rings. The maximum atomic E-state index is 8.17. The van der Waals surface area contributed by atoms with Gasteiger partial charge >= 0.3 is 0 Å². The molecule has 0 aromatic heterocycles. The quantitative estimate of drug-likeness (QED) is 0.728. The summed E-state index contributed by atoms with van der Waals surface area (Å²) in [6.45, 7) is 6.76. The predicted octanol–water partition coefficient (Wildman–Crippen LogP) is 5.31. The average Bonchev–Trinajstić information content (AvgIpc) is 2.56. The number of aliphatic hydroxyl groups excluding tert-OH is 1. The Balaban J connectivity index is 0.000000309. The van der Waals surface area contributed by atoms with Crippen LogP contribution in [-0.2, 0) is 0 Å². The lowest BCUT2D eigenvalue weighted by molar-refractivity contribution is 0.323. The van der Waals surface area contributed by atoms with Crippen molar-refractivity contribution in [1.29, 1.82) is 0 Å². The number of allylic oxidation sites excluding steroid dienone is 2. The molecule has 0 bridgehead atoms. The summed E-state index contributed by atoms with van der Waals surface area (Å²) in [5.41, 5.74) is 4.05. The summed E-state index contributed by atoms with van der Waals surface area (Å²) in [6.07, 6.45) is 9.70. The van der Waals surface area contributed by atoms with Crippen LogP contribution in [0.4, 0.5) is 5.69 Å². The van der Waals surface area contributed by atoms with Crippen molar-refractivity contribution in [2.24, 2.45) is 0 Å². The number of nitrogens with one attached hydrogen (secondary N) is 1. The number of benzene rings is 1. The highest BCUT2D eigenvalue weighted by Crippen LogP contribution is 2.30. The molecule has 1 saturated carbocycles. The van der Waals surface area contributed by atoms with Crippen molar-refractivity contribution in [3.8, 4) is 5.75 Å². The topological polar surface area (TPSA) is 41.5 Å². The standard InChI is InChI=1S/C15H19NO.C4H8O/c1-2-4-12(5-3-1)10-13-6-7-15-14(11-13)16-8-9-17-15;1-3-4(2)5/h6-7,10-11,16H,1-5,8-9H2;5H,2-3H2,1H3. The third-order valence-electron chi connectivity index (χ3n) is 3.95. The highest BCUT2D eigenvalue weighted by Gasteiger charge is 2.10. The van der Waals surface area contributed by atoms with Gasteiger partial charge in [-0.1, -0.05) is 37.6 Å². The average molecular weight is 301 g/mol. The monoisotopic (exact) mass is 301 g/mol. The normalized spacial score (nSPS) is 16.3. The van der Waals surface area contributed by atoms with Crippen LogP contribution >= 0.6 is 0 Å². The van der Waals surface area contributed by atoms with Crippen LogP contribution in [0.2, 0.25) is 0 Å². The Morgan fingerprint density at radius 1 is 1.32 bits per heavy atom. The summed E-state index contributed by atoms with van der Waals surface area (Å²) >= 11 is 0. The third kappa shape index (κ3) is 5.14. The fourth-order valence-electron chi connectivity index (χ4n) is 2.63. The van der Waals surface area contributed by atoms with Crippen molar-refractivity contribution in [2.75, 3.05) is 18.5 Å². The minimum Gasteiger partial charge on any atom is -0.513 e. The largest absolute Gasteiger partial charge is 0.513 e. The van der Waals surface area contributed by atoms with Gasteiger partial charge in [0.1, 0.15) is 12.4 Å². The van der Waals surface area contributed by atoms with E-state index in [9.17, 15) is 0 Å². The molecule has 0 spiro atoms. The second-order valence-electron chi connectivity index (χ2n) is 5.81. The van der Waals surface area contributed by atoms with Gasteiger partial charge in [-0.3, -0.25) is 0 Å². The van der Waals surface area contributed by atoms with Crippen LogP contribution in [-0.4, -0.2) is 18.3 Å². The van der Waals surface area contributed by atoms with Crippen molar-refractivity contribution in [3.05, 3.63) is 41.7 Å². The first kappa shape index (κ1) is 16.5. The van der Waals surface area contributed by atoms with Crippen LogP contribution in [0.15, 0.2) is 36.1 Å². The van der Waals surface area contributed by atoms with E-state index in [0.29, 0.717) is 6.42 Å². The van der Waals surface area contributed by atoms with E-state index in [1.165, 1.54) is 37.7 Å². The number of rotatable bonds is 2. The SMILES string of the molecule is C(=C1CCCCC1)c1ccc2c(c1)NCCO2.C=C(O)CC. The molecule has 0 radical (unpaired) electrons. The summed E-state index contributed by atoms with van der Waals surface area (Å²) in [7, 11) is 0. The Kier molecular flexibility index (Phi) is 6.38. The molecule has 0 saturated heterocycles. The highest BCUT2D eigenvalue weighted by molar-refractivity contribution is 5.66. The molecule has 1 aromatic carbocycles. The summed E-state index contributed by atoms with van der Waals surface area (Å²) in [6, 6.07) is 6.44. The van der Waals surface area contributed by atoms with Crippen LogP contribution < -0.4 is 10.1 Å². The molecule has 0 unspecified atom stereocenters. The maximum Gasteiger partial charge on any atom is 0.142 e. The molecule has 22 heavy (non-hydrogen) atoms. The van der Waals surface area contributed by atoms with Gasteiger partial charge in [0.15, 0.2) is 0 Å². The van der Waals surface area contributed by atoms with Crippen molar-refractivity contribution < 1.29 is 9.84 Å². The van der Waals surface area contributed by atoms with E-state index in [1.807, 2.05) is 6.92 Å². The second kappa shape index (κ2) is 8.52. The second-order valence-corrected chi connectivity index (χ2v) is 5.81. The van der Waals surface area contributed by atoms with Gasteiger partial charge in [-0.05, 0) is 43.4 Å². The zero-order chi connectivity index (χ0) is 15.8. The molecule has 0 atom stereocenters. The minimum absolute atomic E-state index is 0.255. The van der Waals surface area contributed by atoms with Gasteiger partial charge in [0.25, 0.3) is 0 Å². The van der Waals surface area contributed by atoms with Crippen LogP contribution in [0.25, 0.3) is 6.08 Å². The summed E-state index contributed by atoms with van der Waals surface area (Å²) < 4.78 is 5.59. The van der Waals surface area contributed by atoms with Gasteiger partial charge < -0.3 is 15.2 Å². The van der Waals surface area contributed by atoms with Crippen LogP contribution in [0, 0.1) is 0 Å². The Morgan fingerprint density at radius 2 is 2.05 bits per heavy atom. The molecule has 120 valence electrons. The van der Waals surface area contributed by atoms with Gasteiger partial charge in [0.2, 0.25) is 0 Å². The van der Waals surface area contributed by atoms with E-state index in [1.54, 1.807) is 5.57 Å². The van der Waals surface area contributed by atoms with Gasteiger partial charge in [-0.15, -0.1) is 0 Å². The Labute approximate surface area is 133 Å². The lowest BCUT2D eigenvalue weighted by Gasteiger charge is -2.19. The summed E-state index contributed by atoms with van der Waals surface area (Å²) in [4.78, 5) is 0. The van der Waals surface area contributed by atoms with Gasteiger partial charge in [-0.2, -0.15) is 0 Å². The van der Waals surface area contributed by atoms with Crippen LogP contribution in [0.1, 0.15) is 51.0 Å². The zero-order valence-electron chi connectivity index (χ0n) is 13.5. The fraction of sp³-hybridized carbons (Fsp3) is 0.474. The first-order chi connectivity index (χ1) is 10.7. The van der Waals surface area contributed by atoms with Gasteiger partial charge in [0.05, 0.1) is 11.4 Å². The van der Waals surface area contributed by atoms with Crippen molar-refractivity contribution in [2.45, 2.75) is 45.4 Å². The molecule has 1 aliphatic heterocycles. The fourth-order valence-corrected chi connectivity index (χ4v) is 2.63. The first-order valence-electron chi connectivity index (χ1n) is 8.26. The molecule has 0 amide bonds. The number of aliphatic hydroxyl groups is 1. The molecule has 1 aromatic rings. The molecule has 3 nitrogen and oxygen atoms in total. The molecule has 2 N–H and O–H groups in total. The number of hydrogen-bond acceptors (Lipinski definition) is 3. The van der Waals surface area contributed by atoms with E-state index >= 15 is 0 Å². The van der Waals surface area contributed by atoms with E-state index in [-0.39, 0.29) is 5.76 Å². The van der Waals surface area contributed by atoms with Crippen LogP contribution in [0.5, 0.6) is 5.75 Å². The van der Waals surface area contributed by atoms with Gasteiger partial charge in [0, 0.05) is 13.0 Å². The minimum atomic E-state index is 0.255. The van der Waals surface area contributed by atoms with E-state index in [4.69, 9.17) is 9.84 Å². The number of anilines is 1. The summed E-state index contributed by atoms with van der Waals surface area (Å²) in [5.74, 6) is 1.24. The number of ether oxygens (including phenoxy) is 1. The van der Waals surface area contributed by atoms with E-state index < -0.39 is 0 Å². The van der Waals surface area contributed by atoms with Crippen molar-refractivity contribution in [1.82, 2.24) is 0 Å². The van der Waals surface area contributed by atoms with Crippen LogP contribution in [0.3, 0.4) is 0 Å². The lowest BCUT2D eigenvalue weighted by Crippen LogP contribution is -2.17. The third-order valence-corrected chi connectivity index (χ3v) is 3.95. The Bertz CT molecular complexity index is 526. The smallest absolute Gasteiger partial charge is 0.142 e. The molecule has 1 fully saturated rings. The molecule has 3 heteroatoms. The molecule has 3 rings (SSSR count).